The van der Waals surface area contributed by atoms with Crippen LogP contribution in [0.2, 0.25) is 0 Å². The first kappa shape index (κ1) is 21.6. The van der Waals surface area contributed by atoms with Crippen molar-refractivity contribution in [3.8, 4) is 5.75 Å². The van der Waals surface area contributed by atoms with Gasteiger partial charge in [0, 0.05) is 43.2 Å². The largest absolute Gasteiger partial charge is 0.482 e. The van der Waals surface area contributed by atoms with E-state index >= 15 is 0 Å². The molecular formula is C23H32N4O4. The number of likely N-dealkylation sites (tertiary alicyclic amines) is 1. The number of ether oxygens (including phenoxy) is 1. The number of anilines is 1. The van der Waals surface area contributed by atoms with Gasteiger partial charge < -0.3 is 20.7 Å². The number of hydrogen-bond donors (Lipinski definition) is 3. The Bertz CT molecular complexity index is 852. The fourth-order valence-electron chi connectivity index (χ4n) is 4.47. The lowest BCUT2D eigenvalue weighted by atomic mass is 10.1. The maximum Gasteiger partial charge on any atom is 0.262 e. The zero-order chi connectivity index (χ0) is 22.0. The molecule has 1 aliphatic carbocycles. The van der Waals surface area contributed by atoms with Crippen molar-refractivity contribution in [1.82, 2.24) is 15.5 Å². The topological polar surface area (TPSA) is 99.8 Å². The Morgan fingerprint density at radius 3 is 2.71 bits per heavy atom. The third kappa shape index (κ3) is 5.55. The van der Waals surface area contributed by atoms with Gasteiger partial charge in [0.15, 0.2) is 6.61 Å². The van der Waals surface area contributed by atoms with Gasteiger partial charge in [-0.05, 0) is 63.6 Å². The summed E-state index contributed by atoms with van der Waals surface area (Å²) >= 11 is 0. The summed E-state index contributed by atoms with van der Waals surface area (Å²) in [5, 5.41) is 8.79. The molecule has 31 heavy (non-hydrogen) atoms. The summed E-state index contributed by atoms with van der Waals surface area (Å²) in [7, 11) is 0. The number of fused-ring (bicyclic) bond motifs is 1. The van der Waals surface area contributed by atoms with Crippen molar-refractivity contribution >= 4 is 23.4 Å². The molecule has 1 aromatic carbocycles. The second-order valence-electron chi connectivity index (χ2n) is 9.21. The van der Waals surface area contributed by atoms with Crippen LogP contribution in [0.5, 0.6) is 5.75 Å². The van der Waals surface area contributed by atoms with Crippen LogP contribution in [0.3, 0.4) is 0 Å². The molecule has 2 aliphatic heterocycles. The van der Waals surface area contributed by atoms with E-state index in [4.69, 9.17) is 4.74 Å². The molecular weight excluding hydrogens is 396 g/mol. The van der Waals surface area contributed by atoms with Crippen LogP contribution >= 0.6 is 0 Å². The maximum absolute atomic E-state index is 12.7. The van der Waals surface area contributed by atoms with E-state index < -0.39 is 0 Å². The molecule has 0 bridgehead atoms. The molecule has 4 rings (SSSR count). The Balaban J connectivity index is 1.35. The molecule has 3 N–H and O–H groups in total. The zero-order valence-corrected chi connectivity index (χ0v) is 18.3. The van der Waals surface area contributed by atoms with Crippen molar-refractivity contribution in [2.75, 3.05) is 25.0 Å². The van der Waals surface area contributed by atoms with Crippen LogP contribution in [0.15, 0.2) is 18.2 Å². The summed E-state index contributed by atoms with van der Waals surface area (Å²) in [5.74, 6) is 0.986. The van der Waals surface area contributed by atoms with Crippen molar-refractivity contribution < 1.29 is 19.1 Å². The Hall–Kier alpha value is -2.61. The summed E-state index contributed by atoms with van der Waals surface area (Å²) in [6.07, 6.45) is 4.98. The van der Waals surface area contributed by atoms with Crippen LogP contribution in [-0.4, -0.2) is 60.4 Å². The number of rotatable bonds is 8. The van der Waals surface area contributed by atoms with Crippen molar-refractivity contribution in [2.45, 2.75) is 64.1 Å². The summed E-state index contributed by atoms with van der Waals surface area (Å²) in [6, 6.07) is 5.68. The van der Waals surface area contributed by atoms with Gasteiger partial charge in [-0.1, -0.05) is 0 Å². The third-order valence-electron chi connectivity index (χ3n) is 6.18. The predicted octanol–water partition coefficient (Wildman–Crippen LogP) is 1.90. The Kier molecular flexibility index (Phi) is 6.46. The average Bonchev–Trinajstić information content (AvgIpc) is 3.47. The number of nitrogens with one attached hydrogen (secondary N) is 3. The maximum atomic E-state index is 12.7. The molecule has 1 saturated carbocycles. The Labute approximate surface area is 183 Å². The molecule has 3 aliphatic rings. The number of hydrogen-bond acceptors (Lipinski definition) is 5. The van der Waals surface area contributed by atoms with Gasteiger partial charge in [-0.25, -0.2) is 0 Å². The highest BCUT2D eigenvalue weighted by Crippen LogP contribution is 2.35. The minimum atomic E-state index is -0.196. The van der Waals surface area contributed by atoms with Gasteiger partial charge in [0.2, 0.25) is 5.91 Å². The number of carbonyl (C=O) groups is 3. The van der Waals surface area contributed by atoms with E-state index in [-0.39, 0.29) is 42.5 Å². The van der Waals surface area contributed by atoms with Gasteiger partial charge >= 0.3 is 0 Å². The summed E-state index contributed by atoms with van der Waals surface area (Å²) in [4.78, 5) is 38.9. The quantitative estimate of drug-likeness (QED) is 0.587. The lowest BCUT2D eigenvalue weighted by molar-refractivity contribution is -0.122. The van der Waals surface area contributed by atoms with Crippen molar-refractivity contribution in [1.29, 1.82) is 0 Å². The predicted molar refractivity (Wildman–Crippen MR) is 117 cm³/mol. The number of carbonyl (C=O) groups excluding carboxylic acids is 3. The summed E-state index contributed by atoms with van der Waals surface area (Å²) in [6.45, 7) is 5.48. The molecule has 168 valence electrons. The molecule has 2 atom stereocenters. The second kappa shape index (κ2) is 9.26. The average molecular weight is 429 g/mol. The molecule has 8 heteroatoms. The van der Waals surface area contributed by atoms with Gasteiger partial charge in [0.25, 0.3) is 11.8 Å². The second-order valence-corrected chi connectivity index (χ2v) is 9.21. The molecule has 0 spiro atoms. The Morgan fingerprint density at radius 2 is 1.97 bits per heavy atom. The molecule has 0 aromatic heterocycles. The van der Waals surface area contributed by atoms with E-state index in [2.05, 4.69) is 20.9 Å². The summed E-state index contributed by atoms with van der Waals surface area (Å²) in [5.41, 5.74) is 1.09. The highest BCUT2D eigenvalue weighted by molar-refractivity contribution is 5.99. The van der Waals surface area contributed by atoms with Crippen molar-refractivity contribution in [3.05, 3.63) is 23.8 Å². The fourth-order valence-corrected chi connectivity index (χ4v) is 4.47. The minimum absolute atomic E-state index is 0.0396. The highest BCUT2D eigenvalue weighted by atomic mass is 16.5. The normalized spacial score (nSPS) is 23.1. The first-order valence-electron chi connectivity index (χ1n) is 11.3. The van der Waals surface area contributed by atoms with Crippen LogP contribution in [0.1, 0.15) is 56.3 Å². The third-order valence-corrected chi connectivity index (χ3v) is 6.18. The van der Waals surface area contributed by atoms with Crippen molar-refractivity contribution in [3.63, 3.8) is 0 Å². The fraction of sp³-hybridized carbons (Fsp3) is 0.609. The van der Waals surface area contributed by atoms with E-state index in [1.54, 1.807) is 18.2 Å². The molecule has 2 fully saturated rings. The first-order valence-corrected chi connectivity index (χ1v) is 11.3. The molecule has 0 unspecified atom stereocenters. The van der Waals surface area contributed by atoms with E-state index in [1.165, 1.54) is 12.8 Å². The van der Waals surface area contributed by atoms with Crippen LogP contribution in [0, 0.1) is 5.92 Å². The van der Waals surface area contributed by atoms with Crippen LogP contribution in [0.4, 0.5) is 5.69 Å². The van der Waals surface area contributed by atoms with E-state index in [0.717, 1.165) is 25.3 Å². The molecule has 2 heterocycles. The van der Waals surface area contributed by atoms with Crippen LogP contribution < -0.4 is 20.7 Å². The zero-order valence-electron chi connectivity index (χ0n) is 18.3. The summed E-state index contributed by atoms with van der Waals surface area (Å²) < 4.78 is 5.41. The smallest absolute Gasteiger partial charge is 0.262 e. The molecule has 1 aromatic rings. The molecule has 1 saturated heterocycles. The monoisotopic (exact) mass is 428 g/mol. The minimum Gasteiger partial charge on any atom is -0.482 e. The van der Waals surface area contributed by atoms with Gasteiger partial charge in [0.1, 0.15) is 5.75 Å². The SMILES string of the molecule is CC(C)NC(=O)C[C@H]1CC[C@@H](CNC(=O)c2ccc3c(c2)OCC(=O)N3)N1CC1CC1. The van der Waals surface area contributed by atoms with Crippen molar-refractivity contribution in [2.24, 2.45) is 5.92 Å². The highest BCUT2D eigenvalue weighted by Gasteiger charge is 2.38. The Morgan fingerprint density at radius 1 is 1.19 bits per heavy atom. The lowest BCUT2D eigenvalue weighted by Crippen LogP contribution is -2.46. The van der Waals surface area contributed by atoms with Crippen LogP contribution in [-0.2, 0) is 9.59 Å². The molecule has 0 radical (unpaired) electrons. The number of amides is 3. The number of benzene rings is 1. The number of nitrogens with zero attached hydrogens (tertiary/aromatic N) is 1. The lowest BCUT2D eigenvalue weighted by Gasteiger charge is -2.30. The van der Waals surface area contributed by atoms with E-state index in [1.807, 2.05) is 13.8 Å². The first-order chi connectivity index (χ1) is 14.9. The van der Waals surface area contributed by atoms with Gasteiger partial charge in [0.05, 0.1) is 5.69 Å². The van der Waals surface area contributed by atoms with Gasteiger partial charge in [-0.2, -0.15) is 0 Å². The van der Waals surface area contributed by atoms with Gasteiger partial charge in [-0.3, -0.25) is 19.3 Å². The molecule has 3 amide bonds. The standard InChI is InChI=1S/C23H32N4O4/c1-14(2)25-21(28)10-17-6-7-18(27(17)12-15-3-4-15)11-24-23(30)16-5-8-19-20(9-16)31-13-22(29)26-19/h5,8-9,14-15,17-18H,3-4,6-7,10-13H2,1-2H3,(H,24,30)(H,25,28)(H,26,29)/t17-,18+/m1/s1. The van der Waals surface area contributed by atoms with Crippen LogP contribution in [0.25, 0.3) is 0 Å². The van der Waals surface area contributed by atoms with Gasteiger partial charge in [-0.15, -0.1) is 0 Å². The molecule has 8 nitrogen and oxygen atoms in total. The van der Waals surface area contributed by atoms with E-state index in [9.17, 15) is 14.4 Å². The van der Waals surface area contributed by atoms with E-state index in [0.29, 0.717) is 30.0 Å².